The van der Waals surface area contributed by atoms with Gasteiger partial charge in [-0.2, -0.15) is 0 Å². The van der Waals surface area contributed by atoms with Crippen LogP contribution in [0, 0.1) is 0 Å². The van der Waals surface area contributed by atoms with Gasteiger partial charge in [0.1, 0.15) is 0 Å². The molecule has 1 unspecified atom stereocenters. The minimum Gasteiger partial charge on any atom is -0.368 e. The van der Waals surface area contributed by atoms with Crippen LogP contribution in [-0.4, -0.2) is 24.2 Å². The molecule has 1 aliphatic rings. The molecule has 1 saturated heterocycles. The molecule has 0 spiro atoms. The summed E-state index contributed by atoms with van der Waals surface area (Å²) in [5.74, 6) is 0. The highest BCUT2D eigenvalue weighted by Gasteiger charge is 2.18. The minimum atomic E-state index is 0. The summed E-state index contributed by atoms with van der Waals surface area (Å²) in [5.41, 5.74) is 1.16. The molecule has 0 amide bonds. The van der Waals surface area contributed by atoms with E-state index in [-0.39, 0.29) is 18.5 Å². The SMILES string of the molecule is CC(O[C@H]1CCNC1)c1ccc[nH]1.Cl. The normalized spacial score (nSPS) is 23.1. The van der Waals surface area contributed by atoms with Gasteiger partial charge in [0.2, 0.25) is 0 Å². The van der Waals surface area contributed by atoms with Crippen molar-refractivity contribution in [3.63, 3.8) is 0 Å². The van der Waals surface area contributed by atoms with Crippen molar-refractivity contribution in [3.05, 3.63) is 24.0 Å². The second-order valence-electron chi connectivity index (χ2n) is 3.52. The van der Waals surface area contributed by atoms with Gasteiger partial charge in [-0.1, -0.05) is 0 Å². The summed E-state index contributed by atoms with van der Waals surface area (Å²) in [6.45, 7) is 4.16. The molecule has 0 aliphatic carbocycles. The van der Waals surface area contributed by atoms with E-state index in [1.165, 1.54) is 0 Å². The van der Waals surface area contributed by atoms with Crippen LogP contribution in [-0.2, 0) is 4.74 Å². The average molecular weight is 217 g/mol. The second-order valence-corrected chi connectivity index (χ2v) is 3.52. The van der Waals surface area contributed by atoms with E-state index in [9.17, 15) is 0 Å². The van der Waals surface area contributed by atoms with Gasteiger partial charge in [-0.05, 0) is 32.0 Å². The van der Waals surface area contributed by atoms with Gasteiger partial charge < -0.3 is 15.0 Å². The molecular formula is C10H17ClN2O. The molecule has 0 saturated carbocycles. The largest absolute Gasteiger partial charge is 0.368 e. The van der Waals surface area contributed by atoms with Crippen molar-refractivity contribution in [1.29, 1.82) is 0 Å². The topological polar surface area (TPSA) is 37.0 Å². The van der Waals surface area contributed by atoms with Crippen LogP contribution in [0.2, 0.25) is 0 Å². The van der Waals surface area contributed by atoms with Crippen LogP contribution in [0.1, 0.15) is 25.1 Å². The highest BCUT2D eigenvalue weighted by Crippen LogP contribution is 2.18. The summed E-state index contributed by atoms with van der Waals surface area (Å²) >= 11 is 0. The van der Waals surface area contributed by atoms with Crippen molar-refractivity contribution in [1.82, 2.24) is 10.3 Å². The molecule has 0 radical (unpaired) electrons. The predicted molar refractivity (Wildman–Crippen MR) is 58.8 cm³/mol. The fourth-order valence-electron chi connectivity index (χ4n) is 1.70. The zero-order chi connectivity index (χ0) is 9.10. The van der Waals surface area contributed by atoms with Gasteiger partial charge in [0.25, 0.3) is 0 Å². The molecule has 2 atom stereocenters. The number of nitrogens with one attached hydrogen (secondary N) is 2. The summed E-state index contributed by atoms with van der Waals surface area (Å²) in [5, 5.41) is 3.29. The van der Waals surface area contributed by atoms with E-state index in [4.69, 9.17) is 4.74 Å². The van der Waals surface area contributed by atoms with Crippen LogP contribution < -0.4 is 5.32 Å². The third-order valence-electron chi connectivity index (χ3n) is 2.47. The first-order chi connectivity index (χ1) is 6.36. The van der Waals surface area contributed by atoms with Gasteiger partial charge in [0.15, 0.2) is 0 Å². The quantitative estimate of drug-likeness (QED) is 0.810. The fraction of sp³-hybridized carbons (Fsp3) is 0.600. The van der Waals surface area contributed by atoms with Crippen LogP contribution in [0.25, 0.3) is 0 Å². The van der Waals surface area contributed by atoms with Crippen LogP contribution >= 0.6 is 12.4 Å². The summed E-state index contributed by atoms with van der Waals surface area (Å²) in [4.78, 5) is 3.17. The van der Waals surface area contributed by atoms with E-state index >= 15 is 0 Å². The average Bonchev–Trinajstić information content (AvgIpc) is 2.74. The number of hydrogen-bond acceptors (Lipinski definition) is 2. The van der Waals surface area contributed by atoms with Crippen molar-refractivity contribution in [2.45, 2.75) is 25.6 Å². The van der Waals surface area contributed by atoms with Crippen LogP contribution in [0.4, 0.5) is 0 Å². The number of aromatic amines is 1. The monoisotopic (exact) mass is 216 g/mol. The molecule has 1 fully saturated rings. The lowest BCUT2D eigenvalue weighted by atomic mass is 10.2. The first kappa shape index (κ1) is 11.6. The Morgan fingerprint density at radius 1 is 1.57 bits per heavy atom. The zero-order valence-corrected chi connectivity index (χ0v) is 9.14. The molecule has 14 heavy (non-hydrogen) atoms. The lowest BCUT2D eigenvalue weighted by Crippen LogP contribution is -2.18. The maximum Gasteiger partial charge on any atom is 0.0948 e. The maximum absolute atomic E-state index is 5.86. The molecule has 2 heterocycles. The summed E-state index contributed by atoms with van der Waals surface area (Å²) < 4.78 is 5.86. The Hall–Kier alpha value is -0.510. The highest BCUT2D eigenvalue weighted by atomic mass is 35.5. The molecule has 2 N–H and O–H groups in total. The van der Waals surface area contributed by atoms with Crippen LogP contribution in [0.5, 0.6) is 0 Å². The molecule has 1 aromatic heterocycles. The smallest absolute Gasteiger partial charge is 0.0948 e. The van der Waals surface area contributed by atoms with Gasteiger partial charge in [0.05, 0.1) is 12.2 Å². The van der Waals surface area contributed by atoms with Gasteiger partial charge in [-0.25, -0.2) is 0 Å². The Morgan fingerprint density at radius 3 is 3.00 bits per heavy atom. The molecule has 2 rings (SSSR count). The zero-order valence-electron chi connectivity index (χ0n) is 8.32. The third-order valence-corrected chi connectivity index (χ3v) is 2.47. The molecule has 4 heteroatoms. The molecule has 80 valence electrons. The fourth-order valence-corrected chi connectivity index (χ4v) is 1.70. The van der Waals surface area contributed by atoms with Crippen molar-refractivity contribution >= 4 is 12.4 Å². The van der Waals surface area contributed by atoms with Crippen molar-refractivity contribution in [3.8, 4) is 0 Å². The van der Waals surface area contributed by atoms with Crippen molar-refractivity contribution in [2.24, 2.45) is 0 Å². The van der Waals surface area contributed by atoms with Gasteiger partial charge in [-0.15, -0.1) is 12.4 Å². The lowest BCUT2D eigenvalue weighted by molar-refractivity contribution is 0.00629. The first-order valence-corrected chi connectivity index (χ1v) is 4.86. The Labute approximate surface area is 90.6 Å². The van der Waals surface area contributed by atoms with E-state index in [1.807, 2.05) is 12.3 Å². The van der Waals surface area contributed by atoms with E-state index in [1.54, 1.807) is 0 Å². The Bertz CT molecular complexity index is 245. The first-order valence-electron chi connectivity index (χ1n) is 4.86. The van der Waals surface area contributed by atoms with Crippen molar-refractivity contribution < 1.29 is 4.74 Å². The standard InChI is InChI=1S/C10H16N2O.ClH/c1-8(10-3-2-5-12-10)13-9-4-6-11-7-9;/h2-3,5,8-9,11-12H,4,6-7H2,1H3;1H/t8?,9-;/m0./s1. The molecule has 1 aromatic rings. The number of ether oxygens (including phenoxy) is 1. The number of hydrogen-bond donors (Lipinski definition) is 2. The van der Waals surface area contributed by atoms with Gasteiger partial charge in [0, 0.05) is 18.4 Å². The molecule has 0 bridgehead atoms. The van der Waals surface area contributed by atoms with E-state index in [0.29, 0.717) is 6.10 Å². The Kier molecular flexibility index (Phi) is 4.45. The number of aromatic nitrogens is 1. The van der Waals surface area contributed by atoms with Gasteiger partial charge >= 0.3 is 0 Å². The Morgan fingerprint density at radius 2 is 2.43 bits per heavy atom. The predicted octanol–water partition coefficient (Wildman–Crippen LogP) is 1.88. The maximum atomic E-state index is 5.86. The molecular weight excluding hydrogens is 200 g/mol. The Balaban J connectivity index is 0.000000980. The van der Waals surface area contributed by atoms with Crippen LogP contribution in [0.15, 0.2) is 18.3 Å². The third kappa shape index (κ3) is 2.74. The van der Waals surface area contributed by atoms with Gasteiger partial charge in [-0.3, -0.25) is 0 Å². The molecule has 1 aliphatic heterocycles. The number of halogens is 1. The highest BCUT2D eigenvalue weighted by molar-refractivity contribution is 5.85. The summed E-state index contributed by atoms with van der Waals surface area (Å²) in [7, 11) is 0. The number of H-pyrrole nitrogens is 1. The van der Waals surface area contributed by atoms with Crippen LogP contribution in [0.3, 0.4) is 0 Å². The molecule has 0 aromatic carbocycles. The van der Waals surface area contributed by atoms with E-state index in [2.05, 4.69) is 23.3 Å². The lowest BCUT2D eigenvalue weighted by Gasteiger charge is -2.16. The molecule has 3 nitrogen and oxygen atoms in total. The number of rotatable bonds is 3. The summed E-state index contributed by atoms with van der Waals surface area (Å²) in [6.07, 6.45) is 3.63. The van der Waals surface area contributed by atoms with E-state index in [0.717, 1.165) is 25.2 Å². The van der Waals surface area contributed by atoms with Crippen molar-refractivity contribution in [2.75, 3.05) is 13.1 Å². The summed E-state index contributed by atoms with van der Waals surface area (Å²) in [6, 6.07) is 4.06. The second kappa shape index (κ2) is 5.39. The van der Waals surface area contributed by atoms with E-state index < -0.39 is 0 Å². The minimum absolute atomic E-state index is 0.